The number of carbonyl (C=O) groups is 3. The maximum atomic E-state index is 12.7. The Morgan fingerprint density at radius 2 is 1.60 bits per heavy atom. The van der Waals surface area contributed by atoms with Gasteiger partial charge in [0.25, 0.3) is 5.91 Å². The molecule has 2 aromatic carbocycles. The van der Waals surface area contributed by atoms with Crippen LogP contribution in [0.25, 0.3) is 0 Å². The molecule has 3 N–H and O–H groups in total. The van der Waals surface area contributed by atoms with Crippen molar-refractivity contribution in [3.8, 4) is 17.2 Å². The molecule has 1 atom stereocenters. The van der Waals surface area contributed by atoms with E-state index in [-0.39, 0.29) is 12.0 Å². The molecule has 0 radical (unpaired) electrons. The molecule has 3 rings (SSSR count). The molecule has 1 unspecified atom stereocenters. The Balaban J connectivity index is 0.000000641. The second kappa shape index (κ2) is 13.8. The molecule has 190 valence electrons. The van der Waals surface area contributed by atoms with Crippen LogP contribution in [0.1, 0.15) is 15.9 Å². The average molecular weight is 491 g/mol. The largest absolute Gasteiger partial charge is 0.493 e. The molecule has 1 saturated heterocycles. The number of hydrogen-bond donors (Lipinski definition) is 3. The van der Waals surface area contributed by atoms with Crippen molar-refractivity contribution in [2.75, 3.05) is 47.6 Å². The Morgan fingerprint density at radius 1 is 1.00 bits per heavy atom. The Labute approximate surface area is 203 Å². The zero-order valence-corrected chi connectivity index (χ0v) is 19.9. The van der Waals surface area contributed by atoms with Crippen LogP contribution in [0.5, 0.6) is 17.2 Å². The molecule has 1 amide bonds. The van der Waals surface area contributed by atoms with E-state index in [1.165, 1.54) is 26.9 Å². The number of ether oxygens (including phenoxy) is 4. The molecular formula is C24H30N2O9. The molecule has 0 aliphatic carbocycles. The third kappa shape index (κ3) is 8.47. The second-order valence-corrected chi connectivity index (χ2v) is 7.45. The number of benzene rings is 2. The number of methoxy groups -OCH3 is 3. The number of hydrogen-bond acceptors (Lipinski definition) is 8. The van der Waals surface area contributed by atoms with E-state index in [1.807, 2.05) is 18.2 Å². The van der Waals surface area contributed by atoms with E-state index in [1.54, 1.807) is 12.1 Å². The van der Waals surface area contributed by atoms with Gasteiger partial charge >= 0.3 is 11.9 Å². The van der Waals surface area contributed by atoms with Gasteiger partial charge in [0.05, 0.1) is 34.0 Å². The molecule has 11 heteroatoms. The lowest BCUT2D eigenvalue weighted by Crippen LogP contribution is -2.47. The summed E-state index contributed by atoms with van der Waals surface area (Å²) in [5.74, 6) is -2.52. The van der Waals surface area contributed by atoms with Crippen molar-refractivity contribution in [2.45, 2.75) is 12.6 Å². The lowest BCUT2D eigenvalue weighted by Gasteiger charge is -2.33. The number of aliphatic carboxylic acids is 2. The van der Waals surface area contributed by atoms with Gasteiger partial charge < -0.3 is 34.5 Å². The highest BCUT2D eigenvalue weighted by Crippen LogP contribution is 2.38. The van der Waals surface area contributed by atoms with Gasteiger partial charge in [0.1, 0.15) is 0 Å². The van der Waals surface area contributed by atoms with Gasteiger partial charge in [0, 0.05) is 31.7 Å². The van der Waals surface area contributed by atoms with Gasteiger partial charge in [-0.2, -0.15) is 0 Å². The van der Waals surface area contributed by atoms with E-state index < -0.39 is 11.9 Å². The number of rotatable bonds is 8. The van der Waals surface area contributed by atoms with Gasteiger partial charge in [-0.05, 0) is 17.7 Å². The van der Waals surface area contributed by atoms with Crippen LogP contribution in [-0.2, 0) is 20.9 Å². The molecule has 0 saturated carbocycles. The van der Waals surface area contributed by atoms with Crippen LogP contribution in [0.4, 0.5) is 0 Å². The molecule has 1 heterocycles. The second-order valence-electron chi connectivity index (χ2n) is 7.45. The summed E-state index contributed by atoms with van der Waals surface area (Å²) < 4.78 is 21.8. The normalized spacial score (nSPS) is 15.2. The first-order valence-corrected chi connectivity index (χ1v) is 10.7. The lowest BCUT2D eigenvalue weighted by atomic mass is 10.1. The molecule has 1 fully saturated rings. The highest BCUT2D eigenvalue weighted by atomic mass is 16.5. The van der Waals surface area contributed by atoms with E-state index in [4.69, 9.17) is 38.7 Å². The SMILES string of the molecule is COc1cc(C(=O)NCC2CN(Cc3ccccc3)CCO2)cc(OC)c1OC.O=C(O)C(=O)O. The minimum atomic E-state index is -1.82. The summed E-state index contributed by atoms with van der Waals surface area (Å²) in [5, 5.41) is 17.7. The van der Waals surface area contributed by atoms with Gasteiger partial charge in [-0.3, -0.25) is 9.69 Å². The molecular weight excluding hydrogens is 460 g/mol. The fourth-order valence-electron chi connectivity index (χ4n) is 3.41. The minimum Gasteiger partial charge on any atom is -0.493 e. The first kappa shape index (κ1) is 27.4. The summed E-state index contributed by atoms with van der Waals surface area (Å²) in [4.78, 5) is 33.2. The quantitative estimate of drug-likeness (QED) is 0.466. The van der Waals surface area contributed by atoms with Crippen LogP contribution >= 0.6 is 0 Å². The summed E-state index contributed by atoms with van der Waals surface area (Å²) in [5.41, 5.74) is 1.71. The summed E-state index contributed by atoms with van der Waals surface area (Å²) in [7, 11) is 4.58. The zero-order valence-electron chi connectivity index (χ0n) is 19.9. The Morgan fingerprint density at radius 3 is 2.11 bits per heavy atom. The topological polar surface area (TPSA) is 144 Å². The molecule has 1 aliphatic heterocycles. The van der Waals surface area contributed by atoms with Crippen molar-refractivity contribution in [3.63, 3.8) is 0 Å². The third-order valence-corrected chi connectivity index (χ3v) is 5.07. The molecule has 11 nitrogen and oxygen atoms in total. The number of nitrogens with zero attached hydrogens (tertiary/aromatic N) is 1. The predicted octanol–water partition coefficient (Wildman–Crippen LogP) is 1.50. The van der Waals surface area contributed by atoms with Crippen LogP contribution in [-0.4, -0.2) is 86.6 Å². The monoisotopic (exact) mass is 490 g/mol. The number of nitrogens with one attached hydrogen (secondary N) is 1. The number of morpholine rings is 1. The van der Waals surface area contributed by atoms with E-state index in [0.29, 0.717) is 36.0 Å². The van der Waals surface area contributed by atoms with Crippen molar-refractivity contribution in [2.24, 2.45) is 0 Å². The summed E-state index contributed by atoms with van der Waals surface area (Å²) in [6.45, 7) is 3.61. The van der Waals surface area contributed by atoms with Crippen molar-refractivity contribution in [1.29, 1.82) is 0 Å². The molecule has 2 aromatic rings. The van der Waals surface area contributed by atoms with E-state index >= 15 is 0 Å². The lowest BCUT2D eigenvalue weighted by molar-refractivity contribution is -0.159. The smallest absolute Gasteiger partial charge is 0.414 e. The van der Waals surface area contributed by atoms with Gasteiger partial charge in [0.15, 0.2) is 11.5 Å². The predicted molar refractivity (Wildman–Crippen MR) is 125 cm³/mol. The van der Waals surface area contributed by atoms with Gasteiger partial charge in [0.2, 0.25) is 5.75 Å². The number of carbonyl (C=O) groups excluding carboxylic acids is 1. The number of carboxylic acid groups (broad SMARTS) is 2. The third-order valence-electron chi connectivity index (χ3n) is 5.07. The van der Waals surface area contributed by atoms with Crippen LogP contribution in [0.15, 0.2) is 42.5 Å². The molecule has 0 spiro atoms. The fourth-order valence-corrected chi connectivity index (χ4v) is 3.41. The highest BCUT2D eigenvalue weighted by Gasteiger charge is 2.22. The first-order valence-electron chi connectivity index (χ1n) is 10.7. The van der Waals surface area contributed by atoms with Crippen LogP contribution in [0.2, 0.25) is 0 Å². The zero-order chi connectivity index (χ0) is 25.8. The van der Waals surface area contributed by atoms with Crippen LogP contribution < -0.4 is 19.5 Å². The average Bonchev–Trinajstić information content (AvgIpc) is 2.87. The van der Waals surface area contributed by atoms with Crippen molar-refractivity contribution < 1.29 is 43.5 Å². The molecule has 35 heavy (non-hydrogen) atoms. The van der Waals surface area contributed by atoms with E-state index in [0.717, 1.165) is 19.6 Å². The van der Waals surface area contributed by atoms with E-state index in [9.17, 15) is 4.79 Å². The summed E-state index contributed by atoms with van der Waals surface area (Å²) >= 11 is 0. The van der Waals surface area contributed by atoms with Crippen LogP contribution in [0, 0.1) is 0 Å². The Hall–Kier alpha value is -3.83. The fraction of sp³-hybridized carbons (Fsp3) is 0.375. The number of carboxylic acids is 2. The minimum absolute atomic E-state index is 0.0570. The Kier molecular flexibility index (Phi) is 10.8. The van der Waals surface area contributed by atoms with E-state index in [2.05, 4.69) is 22.3 Å². The Bertz CT molecular complexity index is 961. The van der Waals surface area contributed by atoms with Crippen molar-refractivity contribution in [3.05, 3.63) is 53.6 Å². The van der Waals surface area contributed by atoms with Crippen molar-refractivity contribution in [1.82, 2.24) is 10.2 Å². The first-order chi connectivity index (χ1) is 16.8. The summed E-state index contributed by atoms with van der Waals surface area (Å²) in [6, 6.07) is 13.6. The molecule has 1 aliphatic rings. The highest BCUT2D eigenvalue weighted by molar-refractivity contribution is 6.27. The molecule has 0 bridgehead atoms. The maximum Gasteiger partial charge on any atom is 0.414 e. The summed E-state index contributed by atoms with van der Waals surface area (Å²) in [6.07, 6.45) is -0.0570. The van der Waals surface area contributed by atoms with Crippen LogP contribution in [0.3, 0.4) is 0 Å². The maximum absolute atomic E-state index is 12.7. The van der Waals surface area contributed by atoms with Gasteiger partial charge in [-0.25, -0.2) is 9.59 Å². The van der Waals surface area contributed by atoms with Gasteiger partial charge in [-0.15, -0.1) is 0 Å². The van der Waals surface area contributed by atoms with Crippen molar-refractivity contribution >= 4 is 17.8 Å². The number of amides is 1. The molecule has 0 aromatic heterocycles. The standard InChI is InChI=1S/C22H28N2O5.C2H2O4/c1-26-19-11-17(12-20(27-2)21(19)28-3)22(25)23-13-18-15-24(9-10-29-18)14-16-7-5-4-6-8-16;3-1(4)2(5)6/h4-8,11-12,18H,9-10,13-15H2,1-3H3,(H,23,25);(H,3,4)(H,5,6). The van der Waals surface area contributed by atoms with Gasteiger partial charge in [-0.1, -0.05) is 30.3 Å².